The molecule has 0 aliphatic heterocycles. The predicted molar refractivity (Wildman–Crippen MR) is 65.4 cm³/mol. The second-order valence-corrected chi connectivity index (χ2v) is 6.26. The summed E-state index contributed by atoms with van der Waals surface area (Å²) in [5, 5.41) is 3.88. The lowest BCUT2D eigenvalue weighted by Crippen LogP contribution is -2.69. The van der Waals surface area contributed by atoms with Gasteiger partial charge in [0.1, 0.15) is 0 Å². The third-order valence-corrected chi connectivity index (χ3v) is 5.25. The van der Waals surface area contributed by atoms with E-state index in [0.29, 0.717) is 11.5 Å². The van der Waals surface area contributed by atoms with Crippen molar-refractivity contribution in [2.75, 3.05) is 6.61 Å². The molecule has 1 spiro atoms. The van der Waals surface area contributed by atoms with E-state index in [1.54, 1.807) is 0 Å². The number of hydrogen-bond acceptors (Lipinski definition) is 2. The normalized spacial score (nSPS) is 44.6. The SMILES string of the molecule is CCOC1CC(NC2CC(C)C2)C12CCC2. The van der Waals surface area contributed by atoms with E-state index in [2.05, 4.69) is 19.2 Å². The molecule has 16 heavy (non-hydrogen) atoms. The molecule has 2 atom stereocenters. The summed E-state index contributed by atoms with van der Waals surface area (Å²) in [6, 6.07) is 1.59. The van der Waals surface area contributed by atoms with Crippen molar-refractivity contribution in [2.24, 2.45) is 11.3 Å². The largest absolute Gasteiger partial charge is 0.378 e. The van der Waals surface area contributed by atoms with Crippen LogP contribution in [0.4, 0.5) is 0 Å². The first-order valence-corrected chi connectivity index (χ1v) is 7.12. The maximum Gasteiger partial charge on any atom is 0.0661 e. The number of nitrogens with one attached hydrogen (secondary N) is 1. The standard InChI is InChI=1S/C14H25NO/c1-3-16-13-9-12(14(13)5-4-6-14)15-11-7-10(2)8-11/h10-13,15H,3-9H2,1-2H3. The summed E-state index contributed by atoms with van der Waals surface area (Å²) in [6.07, 6.45) is 8.84. The summed E-state index contributed by atoms with van der Waals surface area (Å²) in [4.78, 5) is 0. The number of hydrogen-bond donors (Lipinski definition) is 1. The molecule has 2 nitrogen and oxygen atoms in total. The highest BCUT2D eigenvalue weighted by atomic mass is 16.5. The molecule has 0 aromatic heterocycles. The van der Waals surface area contributed by atoms with Gasteiger partial charge in [-0.1, -0.05) is 13.3 Å². The molecule has 3 saturated carbocycles. The van der Waals surface area contributed by atoms with Crippen molar-refractivity contribution in [3.63, 3.8) is 0 Å². The first-order chi connectivity index (χ1) is 7.74. The Labute approximate surface area is 99.1 Å². The lowest BCUT2D eigenvalue weighted by atomic mass is 9.50. The lowest BCUT2D eigenvalue weighted by molar-refractivity contribution is -0.176. The zero-order valence-corrected chi connectivity index (χ0v) is 10.7. The topological polar surface area (TPSA) is 21.3 Å². The molecule has 2 unspecified atom stereocenters. The highest BCUT2D eigenvalue weighted by Gasteiger charge is 2.59. The first-order valence-electron chi connectivity index (χ1n) is 7.12. The summed E-state index contributed by atoms with van der Waals surface area (Å²) >= 11 is 0. The van der Waals surface area contributed by atoms with Crippen LogP contribution in [0.5, 0.6) is 0 Å². The van der Waals surface area contributed by atoms with Gasteiger partial charge in [-0.2, -0.15) is 0 Å². The van der Waals surface area contributed by atoms with Crippen LogP contribution in [0, 0.1) is 11.3 Å². The molecule has 1 N–H and O–H groups in total. The fourth-order valence-electron chi connectivity index (χ4n) is 4.00. The molecule has 3 fully saturated rings. The average Bonchev–Trinajstić information content (AvgIpc) is 2.10. The minimum absolute atomic E-state index is 0.550. The van der Waals surface area contributed by atoms with Gasteiger partial charge in [0, 0.05) is 24.1 Å². The van der Waals surface area contributed by atoms with Crippen molar-refractivity contribution in [3.05, 3.63) is 0 Å². The minimum Gasteiger partial charge on any atom is -0.378 e. The smallest absolute Gasteiger partial charge is 0.0661 e. The van der Waals surface area contributed by atoms with E-state index in [0.717, 1.165) is 24.6 Å². The zero-order chi connectivity index (χ0) is 11.2. The van der Waals surface area contributed by atoms with E-state index < -0.39 is 0 Å². The van der Waals surface area contributed by atoms with Gasteiger partial charge in [0.25, 0.3) is 0 Å². The summed E-state index contributed by atoms with van der Waals surface area (Å²) in [7, 11) is 0. The molecular weight excluding hydrogens is 198 g/mol. The molecule has 0 amide bonds. The maximum atomic E-state index is 5.88. The van der Waals surface area contributed by atoms with Gasteiger partial charge in [-0.25, -0.2) is 0 Å². The first kappa shape index (κ1) is 11.0. The quantitative estimate of drug-likeness (QED) is 0.791. The van der Waals surface area contributed by atoms with Crippen LogP contribution in [0.1, 0.15) is 52.4 Å². The number of ether oxygens (including phenoxy) is 1. The predicted octanol–water partition coefficient (Wildman–Crippen LogP) is 2.72. The Morgan fingerprint density at radius 3 is 2.50 bits per heavy atom. The van der Waals surface area contributed by atoms with Gasteiger partial charge in [0.15, 0.2) is 0 Å². The van der Waals surface area contributed by atoms with Crippen LogP contribution in [-0.4, -0.2) is 24.8 Å². The van der Waals surface area contributed by atoms with E-state index in [9.17, 15) is 0 Å². The Balaban J connectivity index is 1.53. The molecule has 3 aliphatic carbocycles. The van der Waals surface area contributed by atoms with Crippen molar-refractivity contribution < 1.29 is 4.74 Å². The Hall–Kier alpha value is -0.0800. The second kappa shape index (κ2) is 3.99. The van der Waals surface area contributed by atoms with Crippen molar-refractivity contribution in [1.82, 2.24) is 5.32 Å². The Bertz CT molecular complexity index is 255. The third-order valence-electron chi connectivity index (χ3n) is 5.25. The van der Waals surface area contributed by atoms with Gasteiger partial charge in [0.05, 0.1) is 6.10 Å². The average molecular weight is 223 g/mol. The summed E-state index contributed by atoms with van der Waals surface area (Å²) < 4.78 is 5.88. The molecule has 0 radical (unpaired) electrons. The highest BCUT2D eigenvalue weighted by molar-refractivity contribution is 5.13. The lowest BCUT2D eigenvalue weighted by Gasteiger charge is -2.62. The fourth-order valence-corrected chi connectivity index (χ4v) is 4.00. The molecule has 3 aliphatic rings. The van der Waals surface area contributed by atoms with E-state index in [1.165, 1.54) is 38.5 Å². The molecule has 0 aromatic carbocycles. The van der Waals surface area contributed by atoms with E-state index in [-0.39, 0.29) is 0 Å². The maximum absolute atomic E-state index is 5.88. The Morgan fingerprint density at radius 2 is 2.00 bits per heavy atom. The number of rotatable bonds is 4. The second-order valence-electron chi connectivity index (χ2n) is 6.26. The van der Waals surface area contributed by atoms with Gasteiger partial charge in [-0.05, 0) is 44.9 Å². The fraction of sp³-hybridized carbons (Fsp3) is 1.00. The van der Waals surface area contributed by atoms with Crippen LogP contribution in [0.2, 0.25) is 0 Å². The van der Waals surface area contributed by atoms with Gasteiger partial charge >= 0.3 is 0 Å². The van der Waals surface area contributed by atoms with Crippen molar-refractivity contribution in [2.45, 2.75) is 70.6 Å². The van der Waals surface area contributed by atoms with Crippen LogP contribution in [0.25, 0.3) is 0 Å². The molecule has 0 bridgehead atoms. The summed E-state index contributed by atoms with van der Waals surface area (Å²) in [5.74, 6) is 0.956. The van der Waals surface area contributed by atoms with Crippen molar-refractivity contribution in [3.8, 4) is 0 Å². The van der Waals surface area contributed by atoms with Crippen LogP contribution in [-0.2, 0) is 4.74 Å². The Kier molecular flexibility index (Phi) is 2.75. The summed E-state index contributed by atoms with van der Waals surface area (Å²) in [5.41, 5.74) is 0.550. The zero-order valence-electron chi connectivity index (χ0n) is 10.7. The molecule has 3 rings (SSSR count). The van der Waals surface area contributed by atoms with Crippen LogP contribution >= 0.6 is 0 Å². The molecule has 2 heteroatoms. The summed E-state index contributed by atoms with van der Waals surface area (Å²) in [6.45, 7) is 5.38. The van der Waals surface area contributed by atoms with Crippen molar-refractivity contribution >= 4 is 0 Å². The molecule has 0 aromatic rings. The monoisotopic (exact) mass is 223 g/mol. The third kappa shape index (κ3) is 1.53. The van der Waals surface area contributed by atoms with Crippen LogP contribution in [0.15, 0.2) is 0 Å². The molecule has 92 valence electrons. The molecule has 0 heterocycles. The van der Waals surface area contributed by atoms with Gasteiger partial charge in [-0.15, -0.1) is 0 Å². The van der Waals surface area contributed by atoms with E-state index in [1.807, 2.05) is 0 Å². The minimum atomic E-state index is 0.550. The van der Waals surface area contributed by atoms with Crippen LogP contribution in [0.3, 0.4) is 0 Å². The molecule has 0 saturated heterocycles. The van der Waals surface area contributed by atoms with Gasteiger partial charge in [-0.3, -0.25) is 0 Å². The van der Waals surface area contributed by atoms with E-state index in [4.69, 9.17) is 4.74 Å². The Morgan fingerprint density at radius 1 is 1.25 bits per heavy atom. The van der Waals surface area contributed by atoms with E-state index >= 15 is 0 Å². The highest BCUT2D eigenvalue weighted by Crippen LogP contribution is 2.57. The van der Waals surface area contributed by atoms with Gasteiger partial charge < -0.3 is 10.1 Å². The van der Waals surface area contributed by atoms with Crippen molar-refractivity contribution in [1.29, 1.82) is 0 Å². The molecular formula is C14H25NO. The van der Waals surface area contributed by atoms with Crippen LogP contribution < -0.4 is 5.32 Å². The van der Waals surface area contributed by atoms with Gasteiger partial charge in [0.2, 0.25) is 0 Å².